The molecule has 1 aliphatic rings. The third-order valence-electron chi connectivity index (χ3n) is 4.27. The Morgan fingerprint density at radius 3 is 2.91 bits per heavy atom. The first kappa shape index (κ1) is 14.8. The van der Waals surface area contributed by atoms with Crippen molar-refractivity contribution in [2.24, 2.45) is 5.92 Å². The quantitative estimate of drug-likeness (QED) is 0.917. The summed E-state index contributed by atoms with van der Waals surface area (Å²) in [5.41, 5.74) is 2.25. The predicted molar refractivity (Wildman–Crippen MR) is 83.9 cm³/mol. The normalized spacial score (nSPS) is 19.1. The minimum atomic E-state index is -0.0975. The van der Waals surface area contributed by atoms with Crippen molar-refractivity contribution in [1.82, 2.24) is 19.5 Å². The predicted octanol–water partition coefficient (Wildman–Crippen LogP) is 1.69. The van der Waals surface area contributed by atoms with Crippen molar-refractivity contribution in [3.05, 3.63) is 33.9 Å². The van der Waals surface area contributed by atoms with Crippen LogP contribution in [-0.2, 0) is 4.79 Å². The second kappa shape index (κ2) is 5.59. The molecule has 1 atom stereocenters. The number of likely N-dealkylation sites (tertiary alicyclic amines) is 1. The Bertz CT molecular complexity index is 759. The Morgan fingerprint density at radius 1 is 1.41 bits per heavy atom. The molecule has 2 aromatic heterocycles. The Hall–Kier alpha value is -2.11. The van der Waals surface area contributed by atoms with Crippen molar-refractivity contribution in [2.75, 3.05) is 13.1 Å². The molecule has 22 heavy (non-hydrogen) atoms. The van der Waals surface area contributed by atoms with E-state index in [1.165, 1.54) is 10.6 Å². The van der Waals surface area contributed by atoms with E-state index in [0.717, 1.165) is 30.8 Å². The van der Waals surface area contributed by atoms with Crippen LogP contribution in [0.5, 0.6) is 0 Å². The number of aromatic nitrogens is 3. The number of aryl methyl sites for hydroxylation is 1. The van der Waals surface area contributed by atoms with Crippen LogP contribution >= 0.6 is 0 Å². The van der Waals surface area contributed by atoms with Gasteiger partial charge in [-0.05, 0) is 19.8 Å². The van der Waals surface area contributed by atoms with Crippen molar-refractivity contribution < 1.29 is 4.79 Å². The summed E-state index contributed by atoms with van der Waals surface area (Å²) >= 11 is 0. The maximum Gasteiger partial charge on any atom is 0.272 e. The molecule has 1 saturated heterocycles. The number of nitrogens with one attached hydrogen (secondary N) is 1. The van der Waals surface area contributed by atoms with Gasteiger partial charge in [-0.25, -0.2) is 9.50 Å². The van der Waals surface area contributed by atoms with Crippen LogP contribution in [0.25, 0.3) is 5.65 Å². The first-order valence-electron chi connectivity index (χ1n) is 7.84. The molecule has 1 unspecified atom stereocenters. The summed E-state index contributed by atoms with van der Waals surface area (Å²) in [5, 5.41) is 3.15. The highest BCUT2D eigenvalue weighted by atomic mass is 16.2. The molecular formula is C16H22N4O2. The van der Waals surface area contributed by atoms with Gasteiger partial charge in [0.2, 0.25) is 5.91 Å². The second-order valence-electron chi connectivity index (χ2n) is 6.42. The van der Waals surface area contributed by atoms with Gasteiger partial charge in [-0.15, -0.1) is 0 Å². The molecule has 2 aromatic rings. The third kappa shape index (κ3) is 2.65. The number of nitrogens with zero attached hydrogens (tertiary/aromatic N) is 3. The molecule has 0 radical (unpaired) electrons. The van der Waals surface area contributed by atoms with Gasteiger partial charge in [0, 0.05) is 48.4 Å². The number of carbonyl (C=O) groups is 1. The van der Waals surface area contributed by atoms with Gasteiger partial charge in [0.05, 0.1) is 0 Å². The summed E-state index contributed by atoms with van der Waals surface area (Å²) in [7, 11) is 0. The molecule has 1 aliphatic heterocycles. The number of aromatic amines is 1. The topological polar surface area (TPSA) is 70.5 Å². The summed E-state index contributed by atoms with van der Waals surface area (Å²) in [5.74, 6) is 0.457. The molecule has 0 aliphatic carbocycles. The summed E-state index contributed by atoms with van der Waals surface area (Å²) in [6.07, 6.45) is 2.00. The second-order valence-corrected chi connectivity index (χ2v) is 6.42. The van der Waals surface area contributed by atoms with Gasteiger partial charge in [-0.2, -0.15) is 0 Å². The maximum atomic E-state index is 12.2. The molecule has 0 aromatic carbocycles. The van der Waals surface area contributed by atoms with Crippen molar-refractivity contribution in [3.63, 3.8) is 0 Å². The Labute approximate surface area is 129 Å². The lowest BCUT2D eigenvalue weighted by atomic mass is 9.94. The van der Waals surface area contributed by atoms with E-state index in [0.29, 0.717) is 12.2 Å². The van der Waals surface area contributed by atoms with E-state index in [1.54, 1.807) is 0 Å². The van der Waals surface area contributed by atoms with E-state index in [4.69, 9.17) is 0 Å². The zero-order valence-corrected chi connectivity index (χ0v) is 13.3. The Kier molecular flexibility index (Phi) is 3.76. The fraction of sp³-hybridized carbons (Fsp3) is 0.562. The molecule has 1 amide bonds. The Morgan fingerprint density at radius 2 is 2.18 bits per heavy atom. The van der Waals surface area contributed by atoms with Crippen LogP contribution < -0.4 is 5.56 Å². The van der Waals surface area contributed by atoms with Crippen LogP contribution in [0.3, 0.4) is 0 Å². The zero-order valence-electron chi connectivity index (χ0n) is 13.3. The first-order valence-corrected chi connectivity index (χ1v) is 7.84. The molecular weight excluding hydrogens is 280 g/mol. The van der Waals surface area contributed by atoms with Crippen LogP contribution in [0.4, 0.5) is 0 Å². The Balaban J connectivity index is 1.89. The highest BCUT2D eigenvalue weighted by Crippen LogP contribution is 2.27. The number of carbonyl (C=O) groups excluding carboxylic acids is 1. The van der Waals surface area contributed by atoms with Gasteiger partial charge in [0.15, 0.2) is 5.65 Å². The van der Waals surface area contributed by atoms with Crippen LogP contribution in [0.1, 0.15) is 44.0 Å². The molecule has 0 bridgehead atoms. The monoisotopic (exact) mass is 302 g/mol. The van der Waals surface area contributed by atoms with Gasteiger partial charge < -0.3 is 4.90 Å². The number of piperidine rings is 1. The van der Waals surface area contributed by atoms with Crippen LogP contribution in [-0.4, -0.2) is 38.5 Å². The molecule has 3 heterocycles. The van der Waals surface area contributed by atoms with E-state index >= 15 is 0 Å². The SMILES string of the molecule is Cc1cc(=O)n2[nH]c(C3CCCN(C(=O)C(C)C)C3)cc2n1. The first-order chi connectivity index (χ1) is 10.5. The fourth-order valence-electron chi connectivity index (χ4n) is 3.13. The number of H-pyrrole nitrogens is 1. The largest absolute Gasteiger partial charge is 0.342 e. The van der Waals surface area contributed by atoms with E-state index in [1.807, 2.05) is 31.7 Å². The van der Waals surface area contributed by atoms with Crippen molar-refractivity contribution in [1.29, 1.82) is 0 Å². The molecule has 0 spiro atoms. The lowest BCUT2D eigenvalue weighted by Gasteiger charge is -2.33. The number of rotatable bonds is 2. The van der Waals surface area contributed by atoms with Crippen LogP contribution in [0, 0.1) is 12.8 Å². The van der Waals surface area contributed by atoms with Gasteiger partial charge in [0.25, 0.3) is 5.56 Å². The molecule has 6 heteroatoms. The van der Waals surface area contributed by atoms with Crippen molar-refractivity contribution >= 4 is 11.6 Å². The average Bonchev–Trinajstić information content (AvgIpc) is 2.90. The molecule has 1 N–H and O–H groups in total. The van der Waals surface area contributed by atoms with Gasteiger partial charge in [-0.1, -0.05) is 13.8 Å². The summed E-state index contributed by atoms with van der Waals surface area (Å²) in [6.45, 7) is 7.21. The fourth-order valence-corrected chi connectivity index (χ4v) is 3.13. The number of hydrogen-bond donors (Lipinski definition) is 1. The smallest absolute Gasteiger partial charge is 0.272 e. The minimum Gasteiger partial charge on any atom is -0.342 e. The lowest BCUT2D eigenvalue weighted by molar-refractivity contribution is -0.135. The summed E-state index contributed by atoms with van der Waals surface area (Å²) < 4.78 is 1.48. The molecule has 1 fully saturated rings. The third-order valence-corrected chi connectivity index (χ3v) is 4.27. The number of hydrogen-bond acceptors (Lipinski definition) is 3. The molecule has 118 valence electrons. The van der Waals surface area contributed by atoms with Crippen LogP contribution in [0.15, 0.2) is 16.9 Å². The van der Waals surface area contributed by atoms with E-state index in [2.05, 4.69) is 10.1 Å². The molecule has 6 nitrogen and oxygen atoms in total. The van der Waals surface area contributed by atoms with E-state index < -0.39 is 0 Å². The van der Waals surface area contributed by atoms with Gasteiger partial charge in [0.1, 0.15) is 0 Å². The highest BCUT2D eigenvalue weighted by molar-refractivity contribution is 5.78. The van der Waals surface area contributed by atoms with Gasteiger partial charge in [-0.3, -0.25) is 14.7 Å². The maximum absolute atomic E-state index is 12.2. The average molecular weight is 302 g/mol. The number of amides is 1. The van der Waals surface area contributed by atoms with E-state index in [-0.39, 0.29) is 23.3 Å². The lowest BCUT2D eigenvalue weighted by Crippen LogP contribution is -2.41. The minimum absolute atomic E-state index is 0.0217. The van der Waals surface area contributed by atoms with Crippen LogP contribution in [0.2, 0.25) is 0 Å². The highest BCUT2D eigenvalue weighted by Gasteiger charge is 2.27. The standard InChI is InChI=1S/C16H22N4O2/c1-10(2)16(22)19-6-4-5-12(9-19)13-8-14-17-11(3)7-15(21)20(14)18-13/h7-8,10,12,18H,4-6,9H2,1-3H3. The van der Waals surface area contributed by atoms with Crippen molar-refractivity contribution in [3.8, 4) is 0 Å². The number of fused-ring (bicyclic) bond motifs is 1. The van der Waals surface area contributed by atoms with Crippen molar-refractivity contribution in [2.45, 2.75) is 39.5 Å². The summed E-state index contributed by atoms with van der Waals surface area (Å²) in [4.78, 5) is 30.5. The molecule has 0 saturated carbocycles. The molecule has 3 rings (SSSR count). The van der Waals surface area contributed by atoms with E-state index in [9.17, 15) is 9.59 Å². The zero-order chi connectivity index (χ0) is 15.9. The summed E-state index contributed by atoms with van der Waals surface area (Å²) in [6, 6.07) is 3.45. The van der Waals surface area contributed by atoms with Gasteiger partial charge >= 0.3 is 0 Å².